The van der Waals surface area contributed by atoms with E-state index in [4.69, 9.17) is 16.3 Å². The maximum absolute atomic E-state index is 14.5. The lowest BCUT2D eigenvalue weighted by Gasteiger charge is -2.39. The monoisotopic (exact) mass is 777 g/mol. The molecule has 0 aliphatic carbocycles. The molecule has 1 unspecified atom stereocenters. The fourth-order valence-electron chi connectivity index (χ4n) is 7.91. The summed E-state index contributed by atoms with van der Waals surface area (Å²) in [5.41, 5.74) is 1.16. The molecule has 4 saturated heterocycles. The van der Waals surface area contributed by atoms with Gasteiger partial charge in [-0.3, -0.25) is 24.0 Å². The van der Waals surface area contributed by atoms with Crippen LogP contribution in [0.15, 0.2) is 54.6 Å². The van der Waals surface area contributed by atoms with Crippen molar-refractivity contribution in [1.29, 1.82) is 0 Å². The zero-order valence-corrected chi connectivity index (χ0v) is 31.8. The van der Waals surface area contributed by atoms with Crippen molar-refractivity contribution in [3.63, 3.8) is 0 Å². The van der Waals surface area contributed by atoms with Crippen molar-refractivity contribution >= 4 is 58.8 Å². The second kappa shape index (κ2) is 17.5. The van der Waals surface area contributed by atoms with Crippen LogP contribution in [-0.2, 0) is 39.9 Å². The summed E-state index contributed by atoms with van der Waals surface area (Å²) in [7, 11) is 0. The van der Waals surface area contributed by atoms with Gasteiger partial charge in [-0.1, -0.05) is 48.9 Å². The van der Waals surface area contributed by atoms with Crippen molar-refractivity contribution in [3.8, 4) is 0 Å². The first-order valence-electron chi connectivity index (χ1n) is 19.0. The Kier molecular flexibility index (Phi) is 12.6. The number of urea groups is 1. The fourth-order valence-corrected chi connectivity index (χ4v) is 8.03. The van der Waals surface area contributed by atoms with Gasteiger partial charge in [0.05, 0.1) is 0 Å². The van der Waals surface area contributed by atoms with Gasteiger partial charge in [0.1, 0.15) is 42.9 Å². The van der Waals surface area contributed by atoms with E-state index in [0.29, 0.717) is 55.8 Å². The molecule has 4 aliphatic heterocycles. The predicted octanol–water partition coefficient (Wildman–Crippen LogP) is 2.23. The van der Waals surface area contributed by atoms with Crippen molar-refractivity contribution in [3.05, 3.63) is 65.2 Å². The molecule has 7 amide bonds. The van der Waals surface area contributed by atoms with E-state index in [1.165, 1.54) is 14.7 Å². The van der Waals surface area contributed by atoms with Gasteiger partial charge in [0.15, 0.2) is 0 Å². The summed E-state index contributed by atoms with van der Waals surface area (Å²) in [6, 6.07) is 8.40. The van der Waals surface area contributed by atoms with E-state index in [1.807, 2.05) is 13.0 Å². The summed E-state index contributed by atoms with van der Waals surface area (Å²) in [5, 5.41) is 11.4. The number of halogens is 1. The van der Waals surface area contributed by atoms with E-state index in [-0.39, 0.29) is 25.4 Å². The van der Waals surface area contributed by atoms with E-state index in [2.05, 4.69) is 21.3 Å². The highest BCUT2D eigenvalue weighted by Gasteiger charge is 2.46. The number of esters is 1. The highest BCUT2D eigenvalue weighted by atomic mass is 35.5. The molecular formula is C39H48ClN7O8. The molecule has 15 nitrogen and oxygen atoms in total. The maximum Gasteiger partial charge on any atom is 0.328 e. The number of nitrogens with zero attached hydrogens (tertiary/aromatic N) is 3. The molecule has 0 bridgehead atoms. The molecule has 0 radical (unpaired) electrons. The Balaban J connectivity index is 1.29. The van der Waals surface area contributed by atoms with E-state index in [0.717, 1.165) is 5.56 Å². The lowest BCUT2D eigenvalue weighted by atomic mass is 9.99. The number of piperidine rings is 1. The van der Waals surface area contributed by atoms with Crippen LogP contribution in [0.25, 0.3) is 0 Å². The third-order valence-corrected chi connectivity index (χ3v) is 11.0. The second-order valence-corrected chi connectivity index (χ2v) is 15.3. The first-order chi connectivity index (χ1) is 26.4. The Bertz CT molecular complexity index is 1780. The second-order valence-electron chi connectivity index (χ2n) is 14.8. The number of hydrogen-bond acceptors (Lipinski definition) is 8. The number of anilines is 1. The first kappa shape index (κ1) is 39.5. The zero-order chi connectivity index (χ0) is 39.2. The van der Waals surface area contributed by atoms with Gasteiger partial charge in [0, 0.05) is 36.8 Å². The molecule has 6 rings (SSSR count). The average Bonchev–Trinajstić information content (AvgIpc) is 3.83. The highest BCUT2D eigenvalue weighted by Crippen LogP contribution is 2.28. The normalized spacial score (nSPS) is 27.0. The number of amides is 7. The van der Waals surface area contributed by atoms with Crippen LogP contribution in [0, 0.1) is 5.92 Å². The molecule has 4 aliphatic rings. The molecule has 7 atom stereocenters. The van der Waals surface area contributed by atoms with E-state index in [9.17, 15) is 33.6 Å². The maximum atomic E-state index is 14.5. The minimum absolute atomic E-state index is 0.0516. The number of carbonyl (C=O) groups excluding carboxylic acids is 7. The quantitative estimate of drug-likeness (QED) is 0.322. The summed E-state index contributed by atoms with van der Waals surface area (Å²) >= 11 is 5.99. The molecule has 0 saturated carbocycles. The van der Waals surface area contributed by atoms with Crippen LogP contribution in [0.2, 0.25) is 5.02 Å². The van der Waals surface area contributed by atoms with Gasteiger partial charge >= 0.3 is 12.0 Å². The highest BCUT2D eigenvalue weighted by molar-refractivity contribution is 6.30. The molecular weight excluding hydrogens is 730 g/mol. The Morgan fingerprint density at radius 3 is 2.27 bits per heavy atom. The SMILES string of the molecule is C[C@@H]1CC2C(=O)OC[C@H](NC(=O)[C@H](Cc3ccccc3)NC(=O)Nc3ccc(Cl)cc3)C(=O)N3CCC[C@H]3C(=O)N3CCCC[C@H]3C(=O)N[C@@H](C)C(=O)N2C1. The molecule has 16 heteroatoms. The number of fused-ring (bicyclic) bond motifs is 3. The standard InChI is InChI=1S/C39H48ClN7O8/c1-23-19-32-38(53)55-22-29(43-33(48)28(20-25-9-4-3-5-10-25)44-39(54)42-27-15-13-26(40)14-16-27)36(51)46-18-8-12-31(46)37(52)45-17-7-6-11-30(45)34(49)41-24(2)35(50)47(32)21-23/h3-5,9-10,13-16,23-24,28-32H,6-8,11-12,17-22H2,1-2H3,(H,41,49)(H,43,48)(H2,42,44,54)/t23-,24+,28+,29+,30+,31+,32?/m1/s1. The molecule has 4 fully saturated rings. The van der Waals surface area contributed by atoms with Gasteiger partial charge in [-0.2, -0.15) is 0 Å². The van der Waals surface area contributed by atoms with Gasteiger partial charge in [-0.25, -0.2) is 9.59 Å². The zero-order valence-electron chi connectivity index (χ0n) is 31.0. The van der Waals surface area contributed by atoms with Crippen LogP contribution in [0.4, 0.5) is 10.5 Å². The van der Waals surface area contributed by atoms with Gasteiger partial charge in [0.25, 0.3) is 0 Å². The van der Waals surface area contributed by atoms with E-state index in [1.54, 1.807) is 55.5 Å². The minimum atomic E-state index is -1.44. The Morgan fingerprint density at radius 2 is 1.53 bits per heavy atom. The van der Waals surface area contributed by atoms with Gasteiger partial charge in [0.2, 0.25) is 29.5 Å². The van der Waals surface area contributed by atoms with Gasteiger partial charge in [-0.05, 0) is 81.2 Å². The van der Waals surface area contributed by atoms with E-state index < -0.39 is 84.4 Å². The van der Waals surface area contributed by atoms with E-state index >= 15 is 0 Å². The number of ether oxygens (including phenoxy) is 1. The van der Waals surface area contributed by atoms with Crippen molar-refractivity contribution in [2.75, 3.05) is 31.6 Å². The Hall–Kier alpha value is -5.18. The summed E-state index contributed by atoms with van der Waals surface area (Å²) in [6.07, 6.45) is 2.97. The third-order valence-electron chi connectivity index (χ3n) is 10.7. The number of carbonyl (C=O) groups is 7. The molecule has 2 aromatic carbocycles. The predicted molar refractivity (Wildman–Crippen MR) is 201 cm³/mol. The number of benzene rings is 2. The molecule has 4 heterocycles. The van der Waals surface area contributed by atoms with Crippen molar-refractivity contribution < 1.29 is 38.3 Å². The van der Waals surface area contributed by atoms with Crippen molar-refractivity contribution in [2.24, 2.45) is 5.92 Å². The summed E-state index contributed by atoms with van der Waals surface area (Å²) in [5.74, 6) is -3.51. The molecule has 55 heavy (non-hydrogen) atoms. The van der Waals surface area contributed by atoms with Gasteiger partial charge < -0.3 is 40.7 Å². The smallest absolute Gasteiger partial charge is 0.328 e. The average molecular weight is 778 g/mol. The molecule has 2 aromatic rings. The lowest BCUT2D eigenvalue weighted by molar-refractivity contribution is -0.158. The third kappa shape index (κ3) is 9.38. The first-order valence-corrected chi connectivity index (χ1v) is 19.3. The van der Waals surface area contributed by atoms with Crippen LogP contribution >= 0.6 is 11.6 Å². The fraction of sp³-hybridized carbons (Fsp3) is 0.513. The largest absolute Gasteiger partial charge is 0.461 e. The molecule has 0 spiro atoms. The van der Waals surface area contributed by atoms with Crippen LogP contribution in [0.3, 0.4) is 0 Å². The minimum Gasteiger partial charge on any atom is -0.461 e. The number of cyclic esters (lactones) is 1. The Morgan fingerprint density at radius 1 is 0.836 bits per heavy atom. The van der Waals surface area contributed by atoms with Crippen LogP contribution in [-0.4, -0.2) is 119 Å². The molecule has 4 N–H and O–H groups in total. The summed E-state index contributed by atoms with van der Waals surface area (Å²) < 4.78 is 5.73. The lowest BCUT2D eigenvalue weighted by Crippen LogP contribution is -2.62. The number of hydrogen-bond donors (Lipinski definition) is 4. The summed E-state index contributed by atoms with van der Waals surface area (Å²) in [6.45, 7) is 3.64. The molecule has 294 valence electrons. The van der Waals surface area contributed by atoms with Gasteiger partial charge in [-0.15, -0.1) is 0 Å². The van der Waals surface area contributed by atoms with Crippen molar-refractivity contribution in [2.45, 2.75) is 95.0 Å². The van der Waals surface area contributed by atoms with Crippen molar-refractivity contribution in [1.82, 2.24) is 30.7 Å². The number of rotatable bonds is 6. The van der Waals surface area contributed by atoms with Crippen LogP contribution < -0.4 is 21.3 Å². The van der Waals surface area contributed by atoms with Crippen LogP contribution in [0.5, 0.6) is 0 Å². The summed E-state index contributed by atoms with van der Waals surface area (Å²) in [4.78, 5) is 101. The topological polar surface area (TPSA) is 187 Å². The molecule has 0 aromatic heterocycles. The number of nitrogens with one attached hydrogen (secondary N) is 4. The van der Waals surface area contributed by atoms with Crippen LogP contribution in [0.1, 0.15) is 57.9 Å². The Labute approximate surface area is 324 Å².